The second-order valence-electron chi connectivity index (χ2n) is 5.12. The van der Waals surface area contributed by atoms with Crippen molar-refractivity contribution in [3.63, 3.8) is 0 Å². The zero-order chi connectivity index (χ0) is 15.9. The molecule has 1 aliphatic rings. The van der Waals surface area contributed by atoms with Crippen LogP contribution in [0.4, 0.5) is 5.69 Å². The normalized spacial score (nSPS) is 13.6. The Kier molecular flexibility index (Phi) is 3.43. The molecular formula is C17H13NO3S2. The molecular weight excluding hydrogens is 330 g/mol. The third kappa shape index (κ3) is 2.54. The number of ether oxygens (including phenoxy) is 1. The van der Waals surface area contributed by atoms with Gasteiger partial charge in [0.05, 0.1) is 15.5 Å². The highest BCUT2D eigenvalue weighted by Gasteiger charge is 2.19. The Labute approximate surface area is 138 Å². The summed E-state index contributed by atoms with van der Waals surface area (Å²) in [5.74, 6) is 1.44. The first-order chi connectivity index (χ1) is 11.1. The van der Waals surface area contributed by atoms with Crippen LogP contribution in [0.3, 0.4) is 0 Å². The highest BCUT2D eigenvalue weighted by Crippen LogP contribution is 2.43. The molecule has 6 heteroatoms. The van der Waals surface area contributed by atoms with Gasteiger partial charge in [0, 0.05) is 10.8 Å². The van der Waals surface area contributed by atoms with Gasteiger partial charge in [0.2, 0.25) is 0 Å². The lowest BCUT2D eigenvalue weighted by atomic mass is 10.1. The van der Waals surface area contributed by atoms with Gasteiger partial charge in [-0.15, -0.1) is 0 Å². The molecule has 0 aliphatic carbocycles. The van der Waals surface area contributed by atoms with E-state index >= 15 is 0 Å². The fourth-order valence-corrected chi connectivity index (χ4v) is 4.62. The Bertz CT molecular complexity index is 985. The zero-order valence-corrected chi connectivity index (χ0v) is 13.7. The van der Waals surface area contributed by atoms with E-state index in [1.807, 2.05) is 24.3 Å². The third-order valence-electron chi connectivity index (χ3n) is 3.69. The molecule has 0 radical (unpaired) electrons. The van der Waals surface area contributed by atoms with Crippen LogP contribution in [-0.4, -0.2) is 14.4 Å². The van der Waals surface area contributed by atoms with Gasteiger partial charge in [0.25, 0.3) is 10.0 Å². The van der Waals surface area contributed by atoms with E-state index in [0.29, 0.717) is 11.6 Å². The smallest absolute Gasteiger partial charge is 0.261 e. The molecule has 23 heavy (non-hydrogen) atoms. The molecule has 0 fully saturated rings. The van der Waals surface area contributed by atoms with Crippen molar-refractivity contribution < 1.29 is 13.2 Å². The standard InChI is InChI=1S/C17H13NO3S2/c19-23(20,12-5-2-1-3-6-12)18-15-8-4-7-14-13(15)9-10-16-17(14)22-11-21-16/h1-10,18H,11H2. The van der Waals surface area contributed by atoms with Crippen LogP contribution in [0.2, 0.25) is 0 Å². The average Bonchev–Trinajstić information content (AvgIpc) is 3.05. The molecule has 0 aromatic heterocycles. The summed E-state index contributed by atoms with van der Waals surface area (Å²) >= 11 is 1.62. The van der Waals surface area contributed by atoms with Gasteiger partial charge >= 0.3 is 0 Å². The maximum absolute atomic E-state index is 12.5. The number of sulfonamides is 1. The molecule has 4 rings (SSSR count). The fourth-order valence-electron chi connectivity index (χ4n) is 2.62. The second kappa shape index (κ2) is 5.47. The van der Waals surface area contributed by atoms with Crippen LogP contribution in [-0.2, 0) is 10.0 Å². The molecule has 0 saturated carbocycles. The molecule has 0 saturated heterocycles. The van der Waals surface area contributed by atoms with Gasteiger partial charge < -0.3 is 4.74 Å². The van der Waals surface area contributed by atoms with Crippen LogP contribution < -0.4 is 9.46 Å². The van der Waals surface area contributed by atoms with Crippen LogP contribution in [0.15, 0.2) is 70.5 Å². The number of anilines is 1. The quantitative estimate of drug-likeness (QED) is 0.778. The number of rotatable bonds is 3. The molecule has 1 aliphatic heterocycles. The zero-order valence-electron chi connectivity index (χ0n) is 12.0. The van der Waals surface area contributed by atoms with Crippen LogP contribution in [0, 0.1) is 0 Å². The van der Waals surface area contributed by atoms with Crippen molar-refractivity contribution in [1.82, 2.24) is 0 Å². The van der Waals surface area contributed by atoms with Crippen LogP contribution in [0.5, 0.6) is 5.75 Å². The Morgan fingerprint density at radius 3 is 2.57 bits per heavy atom. The Morgan fingerprint density at radius 1 is 0.913 bits per heavy atom. The Hall–Kier alpha value is -2.18. The first-order valence-electron chi connectivity index (χ1n) is 7.04. The Balaban J connectivity index is 1.81. The van der Waals surface area contributed by atoms with Crippen LogP contribution in [0.25, 0.3) is 10.8 Å². The lowest BCUT2D eigenvalue weighted by molar-refractivity contribution is 0.398. The van der Waals surface area contributed by atoms with Gasteiger partial charge in [-0.1, -0.05) is 42.1 Å². The molecule has 0 bridgehead atoms. The summed E-state index contributed by atoms with van der Waals surface area (Å²) < 4.78 is 33.3. The third-order valence-corrected chi connectivity index (χ3v) is 6.02. The van der Waals surface area contributed by atoms with Crippen molar-refractivity contribution in [2.24, 2.45) is 0 Å². The second-order valence-corrected chi connectivity index (χ2v) is 7.73. The Morgan fingerprint density at radius 2 is 1.74 bits per heavy atom. The summed E-state index contributed by atoms with van der Waals surface area (Å²) in [6.07, 6.45) is 0. The minimum absolute atomic E-state index is 0.246. The molecule has 116 valence electrons. The monoisotopic (exact) mass is 343 g/mol. The van der Waals surface area contributed by atoms with E-state index in [1.165, 1.54) is 0 Å². The van der Waals surface area contributed by atoms with Gasteiger partial charge in [0.1, 0.15) is 11.7 Å². The molecule has 0 atom stereocenters. The van der Waals surface area contributed by atoms with Gasteiger partial charge in [-0.25, -0.2) is 8.42 Å². The maximum atomic E-state index is 12.5. The average molecular weight is 343 g/mol. The van der Waals surface area contributed by atoms with Gasteiger partial charge in [-0.3, -0.25) is 4.72 Å². The van der Waals surface area contributed by atoms with Crippen molar-refractivity contribution in [1.29, 1.82) is 0 Å². The topological polar surface area (TPSA) is 55.4 Å². The van der Waals surface area contributed by atoms with E-state index < -0.39 is 10.0 Å². The van der Waals surface area contributed by atoms with Crippen molar-refractivity contribution >= 4 is 38.2 Å². The lowest BCUT2D eigenvalue weighted by Gasteiger charge is -2.12. The molecule has 4 nitrogen and oxygen atoms in total. The largest absolute Gasteiger partial charge is 0.481 e. The number of nitrogens with one attached hydrogen (secondary N) is 1. The number of benzene rings is 3. The molecule has 0 spiro atoms. The first-order valence-corrected chi connectivity index (χ1v) is 9.51. The predicted octanol–water partition coefficient (Wildman–Crippen LogP) is 4.08. The van der Waals surface area contributed by atoms with E-state index in [1.54, 1.807) is 48.2 Å². The van der Waals surface area contributed by atoms with Gasteiger partial charge in [0.15, 0.2) is 0 Å². The van der Waals surface area contributed by atoms with Crippen LogP contribution >= 0.6 is 11.8 Å². The summed E-state index contributed by atoms with van der Waals surface area (Å²) in [7, 11) is -3.61. The van der Waals surface area contributed by atoms with Gasteiger partial charge in [-0.05, 0) is 30.3 Å². The minimum atomic E-state index is -3.61. The SMILES string of the molecule is O=S(=O)(Nc1cccc2c3c(ccc12)OCS3)c1ccccc1. The number of fused-ring (bicyclic) bond motifs is 3. The highest BCUT2D eigenvalue weighted by molar-refractivity contribution is 7.99. The summed E-state index contributed by atoms with van der Waals surface area (Å²) in [4.78, 5) is 1.30. The van der Waals surface area contributed by atoms with E-state index in [-0.39, 0.29) is 4.90 Å². The van der Waals surface area contributed by atoms with Crippen LogP contribution in [0.1, 0.15) is 0 Å². The molecule has 3 aromatic carbocycles. The summed E-state index contributed by atoms with van der Waals surface area (Å²) in [6.45, 7) is 0. The summed E-state index contributed by atoms with van der Waals surface area (Å²) in [5, 5.41) is 1.86. The minimum Gasteiger partial charge on any atom is -0.481 e. The first kappa shape index (κ1) is 14.4. The lowest BCUT2D eigenvalue weighted by Crippen LogP contribution is -2.13. The summed E-state index contributed by atoms with van der Waals surface area (Å²) in [6, 6.07) is 17.7. The van der Waals surface area contributed by atoms with Crippen molar-refractivity contribution in [2.75, 3.05) is 10.7 Å². The predicted molar refractivity (Wildman–Crippen MR) is 92.6 cm³/mol. The van der Waals surface area contributed by atoms with E-state index in [2.05, 4.69) is 4.72 Å². The molecule has 0 amide bonds. The van der Waals surface area contributed by atoms with Gasteiger partial charge in [-0.2, -0.15) is 0 Å². The molecule has 0 unspecified atom stereocenters. The maximum Gasteiger partial charge on any atom is 0.261 e. The molecule has 1 N–H and O–H groups in total. The van der Waals surface area contributed by atoms with E-state index in [0.717, 1.165) is 21.4 Å². The summed E-state index contributed by atoms with van der Waals surface area (Å²) in [5.41, 5.74) is 0.571. The number of thioether (sulfide) groups is 1. The number of hydrogen-bond donors (Lipinski definition) is 1. The van der Waals surface area contributed by atoms with Crippen molar-refractivity contribution in [3.05, 3.63) is 60.7 Å². The highest BCUT2D eigenvalue weighted by atomic mass is 32.2. The van der Waals surface area contributed by atoms with E-state index in [9.17, 15) is 8.42 Å². The molecule has 1 heterocycles. The van der Waals surface area contributed by atoms with E-state index in [4.69, 9.17) is 4.74 Å². The van der Waals surface area contributed by atoms with Crippen molar-refractivity contribution in [2.45, 2.75) is 9.79 Å². The number of hydrogen-bond acceptors (Lipinski definition) is 4. The fraction of sp³-hybridized carbons (Fsp3) is 0.0588. The molecule has 3 aromatic rings. The van der Waals surface area contributed by atoms with Crippen molar-refractivity contribution in [3.8, 4) is 5.75 Å².